The number of nitrogens with zero attached hydrogens (tertiary/aromatic N) is 6. The van der Waals surface area contributed by atoms with Crippen LogP contribution in [0.5, 0.6) is 0 Å². The molecule has 184 valence electrons. The Hall–Kier alpha value is -3.70. The molecule has 0 aliphatic carbocycles. The van der Waals surface area contributed by atoms with E-state index >= 15 is 0 Å². The number of hydrogen-bond donors (Lipinski definition) is 1. The molecule has 12 heteroatoms. The van der Waals surface area contributed by atoms with Crippen molar-refractivity contribution in [2.24, 2.45) is 0 Å². The second kappa shape index (κ2) is 8.51. The molecule has 5 heterocycles. The van der Waals surface area contributed by atoms with Crippen LogP contribution >= 0.6 is 0 Å². The molecule has 2 fully saturated rings. The van der Waals surface area contributed by atoms with Crippen molar-refractivity contribution in [3.63, 3.8) is 0 Å². The largest absolute Gasteiger partial charge is 0.408 e. The van der Waals surface area contributed by atoms with Gasteiger partial charge in [0.15, 0.2) is 0 Å². The first kappa shape index (κ1) is 23.1. The lowest BCUT2D eigenvalue weighted by molar-refractivity contribution is -0.183. The molecule has 2 amide bonds. The van der Waals surface area contributed by atoms with E-state index in [0.717, 1.165) is 10.6 Å². The van der Waals surface area contributed by atoms with Crippen molar-refractivity contribution in [1.29, 1.82) is 0 Å². The van der Waals surface area contributed by atoms with E-state index in [1.54, 1.807) is 23.1 Å². The average Bonchev–Trinajstić information content (AvgIpc) is 3.38. The van der Waals surface area contributed by atoms with Crippen molar-refractivity contribution in [2.45, 2.75) is 44.4 Å². The molecule has 9 nitrogen and oxygen atoms in total. The molecule has 0 aromatic carbocycles. The van der Waals surface area contributed by atoms with Crippen LogP contribution in [0.25, 0.3) is 11.0 Å². The summed E-state index contributed by atoms with van der Waals surface area (Å²) in [4.78, 5) is 36.6. The number of halogens is 3. The zero-order valence-corrected chi connectivity index (χ0v) is 19.0. The third-order valence-corrected chi connectivity index (χ3v) is 6.58. The number of alkyl halides is 3. The maximum absolute atomic E-state index is 13.3. The second-order valence-corrected chi connectivity index (χ2v) is 9.03. The number of nitrogen functional groups attached to an aromatic ring is 1. The quantitative estimate of drug-likeness (QED) is 0.606. The van der Waals surface area contributed by atoms with Crippen LogP contribution in [-0.2, 0) is 11.3 Å². The van der Waals surface area contributed by atoms with E-state index in [0.29, 0.717) is 41.8 Å². The summed E-state index contributed by atoms with van der Waals surface area (Å²) in [5.41, 5.74) is 8.67. The third-order valence-electron chi connectivity index (χ3n) is 6.58. The molecule has 0 unspecified atom stereocenters. The van der Waals surface area contributed by atoms with Gasteiger partial charge in [-0.25, -0.2) is 9.97 Å². The molecule has 1 atom stereocenters. The number of aromatic nitrogens is 4. The van der Waals surface area contributed by atoms with Gasteiger partial charge in [0, 0.05) is 43.0 Å². The predicted octanol–water partition coefficient (Wildman–Crippen LogP) is 2.51. The van der Waals surface area contributed by atoms with Gasteiger partial charge in [0.25, 0.3) is 5.91 Å². The van der Waals surface area contributed by atoms with Gasteiger partial charge in [0.2, 0.25) is 5.91 Å². The Morgan fingerprint density at radius 2 is 1.97 bits per heavy atom. The van der Waals surface area contributed by atoms with Gasteiger partial charge >= 0.3 is 6.18 Å². The number of anilines is 1. The minimum Gasteiger partial charge on any atom is -0.384 e. The lowest BCUT2D eigenvalue weighted by Crippen LogP contribution is -2.48. The first-order chi connectivity index (χ1) is 16.6. The molecule has 3 aromatic heterocycles. The van der Waals surface area contributed by atoms with Crippen LogP contribution in [0.2, 0.25) is 0 Å². The number of rotatable bonds is 4. The number of carbonyl (C=O) groups is 2. The van der Waals surface area contributed by atoms with Crippen LogP contribution in [0.1, 0.15) is 40.5 Å². The lowest BCUT2D eigenvalue weighted by atomic mass is 9.94. The number of pyridine rings is 2. The fourth-order valence-electron chi connectivity index (χ4n) is 4.78. The van der Waals surface area contributed by atoms with E-state index in [-0.39, 0.29) is 37.2 Å². The Kier molecular flexibility index (Phi) is 5.60. The summed E-state index contributed by atoms with van der Waals surface area (Å²) in [6.45, 7) is 2.40. The number of carbonyl (C=O) groups excluding carboxylic acids is 2. The van der Waals surface area contributed by atoms with E-state index in [9.17, 15) is 22.8 Å². The monoisotopic (exact) mass is 487 g/mol. The Labute approximate surface area is 198 Å². The van der Waals surface area contributed by atoms with Crippen molar-refractivity contribution in [2.75, 3.05) is 25.4 Å². The summed E-state index contributed by atoms with van der Waals surface area (Å²) in [6.07, 6.45) is -2.75. The third kappa shape index (κ3) is 4.28. The summed E-state index contributed by atoms with van der Waals surface area (Å²) >= 11 is 0. The molecule has 2 aliphatic rings. The highest BCUT2D eigenvalue weighted by molar-refractivity contribution is 5.95. The molecule has 0 radical (unpaired) electrons. The predicted molar refractivity (Wildman–Crippen MR) is 120 cm³/mol. The number of aryl methyl sites for hydroxylation is 1. The minimum atomic E-state index is -4.45. The molecule has 0 saturated carbocycles. The molecule has 0 bridgehead atoms. The summed E-state index contributed by atoms with van der Waals surface area (Å²) in [7, 11) is 0. The minimum absolute atomic E-state index is 0.0750. The van der Waals surface area contributed by atoms with E-state index in [1.165, 1.54) is 16.9 Å². The van der Waals surface area contributed by atoms with Gasteiger partial charge in [-0.2, -0.15) is 18.3 Å². The van der Waals surface area contributed by atoms with Crippen LogP contribution in [0.15, 0.2) is 30.5 Å². The molecular weight excluding hydrogens is 463 g/mol. The lowest BCUT2D eigenvalue weighted by Gasteiger charge is -2.38. The summed E-state index contributed by atoms with van der Waals surface area (Å²) in [6, 6.07) is 4.90. The Balaban J connectivity index is 1.37. The van der Waals surface area contributed by atoms with Gasteiger partial charge in [-0.1, -0.05) is 0 Å². The van der Waals surface area contributed by atoms with Crippen LogP contribution < -0.4 is 5.73 Å². The molecule has 2 N–H and O–H groups in total. The zero-order chi connectivity index (χ0) is 24.9. The van der Waals surface area contributed by atoms with Gasteiger partial charge in [0.05, 0.1) is 11.2 Å². The fraction of sp³-hybridized carbons (Fsp3) is 0.435. The van der Waals surface area contributed by atoms with Crippen molar-refractivity contribution >= 4 is 28.7 Å². The first-order valence-electron chi connectivity index (χ1n) is 11.3. The first-order valence-corrected chi connectivity index (χ1v) is 11.3. The molecule has 5 rings (SSSR count). The van der Waals surface area contributed by atoms with Gasteiger partial charge in [0.1, 0.15) is 23.9 Å². The van der Waals surface area contributed by atoms with Crippen LogP contribution in [-0.4, -0.2) is 73.2 Å². The molecule has 35 heavy (non-hydrogen) atoms. The molecule has 3 aromatic rings. The number of fused-ring (bicyclic) bond motifs is 1. The van der Waals surface area contributed by atoms with Gasteiger partial charge in [-0.15, -0.1) is 0 Å². The second-order valence-electron chi connectivity index (χ2n) is 9.03. The maximum atomic E-state index is 13.3. The van der Waals surface area contributed by atoms with Crippen LogP contribution in [0.3, 0.4) is 0 Å². The topological polar surface area (TPSA) is 110 Å². The smallest absolute Gasteiger partial charge is 0.384 e. The highest BCUT2D eigenvalue weighted by Gasteiger charge is 2.47. The van der Waals surface area contributed by atoms with Crippen molar-refractivity contribution < 1.29 is 22.8 Å². The van der Waals surface area contributed by atoms with E-state index < -0.39 is 18.1 Å². The molecular formula is C23H24F3N7O2. The van der Waals surface area contributed by atoms with Gasteiger partial charge in [-0.05, 0) is 44.0 Å². The normalized spacial score (nSPS) is 18.8. The van der Waals surface area contributed by atoms with E-state index in [1.807, 2.05) is 6.92 Å². The van der Waals surface area contributed by atoms with Crippen molar-refractivity contribution in [3.05, 3.63) is 47.4 Å². The van der Waals surface area contributed by atoms with E-state index in [2.05, 4.69) is 15.1 Å². The van der Waals surface area contributed by atoms with Crippen LogP contribution in [0.4, 0.5) is 19.0 Å². The van der Waals surface area contributed by atoms with Crippen molar-refractivity contribution in [1.82, 2.24) is 29.5 Å². The fourth-order valence-corrected chi connectivity index (χ4v) is 4.78. The average molecular weight is 487 g/mol. The molecule has 2 saturated heterocycles. The summed E-state index contributed by atoms with van der Waals surface area (Å²) in [5.74, 6) is -0.651. The number of nitrogens with two attached hydrogens (primary N) is 1. The maximum Gasteiger partial charge on any atom is 0.408 e. The summed E-state index contributed by atoms with van der Waals surface area (Å²) < 4.78 is 41.5. The number of amides is 2. The molecule has 0 spiro atoms. The Bertz CT molecular complexity index is 1300. The van der Waals surface area contributed by atoms with Crippen molar-refractivity contribution in [3.8, 4) is 0 Å². The Morgan fingerprint density at radius 3 is 2.69 bits per heavy atom. The number of likely N-dealkylation sites (tertiary alicyclic amines) is 2. The van der Waals surface area contributed by atoms with E-state index in [4.69, 9.17) is 5.73 Å². The zero-order valence-electron chi connectivity index (χ0n) is 19.0. The Morgan fingerprint density at radius 1 is 1.20 bits per heavy atom. The van der Waals surface area contributed by atoms with Crippen LogP contribution in [0, 0.1) is 6.92 Å². The summed E-state index contributed by atoms with van der Waals surface area (Å²) in [5, 5.41) is 4.59. The van der Waals surface area contributed by atoms with Gasteiger partial charge in [-0.3, -0.25) is 14.3 Å². The number of hydrogen-bond acceptors (Lipinski definition) is 6. The van der Waals surface area contributed by atoms with Gasteiger partial charge < -0.3 is 15.5 Å². The SMILES string of the molecule is Cc1ccc2c(n1)c(C1CN(C(=O)c3ccnc(N)c3)C1)nn2CC(=O)N1CCC[C@H]1C(F)(F)F. The molecule has 2 aliphatic heterocycles. The highest BCUT2D eigenvalue weighted by Crippen LogP contribution is 2.34. The highest BCUT2D eigenvalue weighted by atomic mass is 19.4. The standard InChI is InChI=1S/C23H24F3N7O2/c1-13-4-5-16-21(29-13)20(15-10-31(11-15)22(35)14-6-7-28-18(27)9-14)30-33(16)12-19(34)32-8-2-3-17(32)23(24,25)26/h4-7,9,15,17H,2-3,8,10-12H2,1H3,(H2,27,28)/t17-/m0/s1.